The van der Waals surface area contributed by atoms with E-state index in [1.807, 2.05) is 23.2 Å². The second-order valence-corrected chi connectivity index (χ2v) is 4.21. The number of aliphatic carboxylic acids is 1. The van der Waals surface area contributed by atoms with E-state index in [1.54, 1.807) is 6.20 Å². The maximum atomic E-state index is 11.1. The molecule has 1 aromatic rings. The zero-order valence-electron chi connectivity index (χ0n) is 9.67. The Labute approximate surface area is 100 Å². The van der Waals surface area contributed by atoms with E-state index < -0.39 is 12.0 Å². The van der Waals surface area contributed by atoms with E-state index in [1.165, 1.54) is 0 Å². The standard InChI is InChI=1S/C12H17N3O2/c16-12(17)11-9-14-5-7-15(11)6-3-10-2-1-4-13-8-10/h1-2,4,8,11,14H,3,5-7,9H2,(H,16,17). The molecule has 0 spiro atoms. The van der Waals surface area contributed by atoms with Crippen molar-refractivity contribution in [3.63, 3.8) is 0 Å². The van der Waals surface area contributed by atoms with Gasteiger partial charge in [-0.15, -0.1) is 0 Å². The first kappa shape index (κ1) is 12.0. The number of hydrogen-bond acceptors (Lipinski definition) is 4. The van der Waals surface area contributed by atoms with Crippen LogP contribution in [-0.2, 0) is 11.2 Å². The van der Waals surface area contributed by atoms with Crippen molar-refractivity contribution in [3.8, 4) is 0 Å². The third-order valence-corrected chi connectivity index (χ3v) is 3.05. The smallest absolute Gasteiger partial charge is 0.322 e. The van der Waals surface area contributed by atoms with Gasteiger partial charge in [-0.3, -0.25) is 14.7 Å². The van der Waals surface area contributed by atoms with Crippen molar-refractivity contribution in [1.82, 2.24) is 15.2 Å². The summed E-state index contributed by atoms with van der Waals surface area (Å²) < 4.78 is 0. The van der Waals surface area contributed by atoms with Gasteiger partial charge in [0.05, 0.1) is 0 Å². The summed E-state index contributed by atoms with van der Waals surface area (Å²) in [5.74, 6) is -0.747. The topological polar surface area (TPSA) is 65.5 Å². The Hall–Kier alpha value is -1.46. The van der Waals surface area contributed by atoms with Gasteiger partial charge in [-0.2, -0.15) is 0 Å². The number of aromatic nitrogens is 1. The SMILES string of the molecule is O=C(O)C1CNCCN1CCc1cccnc1. The monoisotopic (exact) mass is 235 g/mol. The maximum Gasteiger partial charge on any atom is 0.322 e. The molecule has 1 unspecified atom stereocenters. The molecular weight excluding hydrogens is 218 g/mol. The number of rotatable bonds is 4. The van der Waals surface area contributed by atoms with Crippen molar-refractivity contribution < 1.29 is 9.90 Å². The molecule has 2 N–H and O–H groups in total. The van der Waals surface area contributed by atoms with Crippen molar-refractivity contribution >= 4 is 5.97 Å². The van der Waals surface area contributed by atoms with Gasteiger partial charge in [-0.25, -0.2) is 0 Å². The normalized spacial score (nSPS) is 21.3. The second-order valence-electron chi connectivity index (χ2n) is 4.21. The number of carbonyl (C=O) groups is 1. The van der Waals surface area contributed by atoms with Crippen LogP contribution >= 0.6 is 0 Å². The zero-order valence-corrected chi connectivity index (χ0v) is 9.67. The van der Waals surface area contributed by atoms with E-state index in [0.29, 0.717) is 6.54 Å². The van der Waals surface area contributed by atoms with Crippen LogP contribution in [0.3, 0.4) is 0 Å². The fourth-order valence-corrected chi connectivity index (χ4v) is 2.08. The molecule has 0 aliphatic carbocycles. The van der Waals surface area contributed by atoms with Gasteiger partial charge in [-0.1, -0.05) is 6.07 Å². The molecule has 1 saturated heterocycles. The molecule has 0 bridgehead atoms. The fourth-order valence-electron chi connectivity index (χ4n) is 2.08. The first-order chi connectivity index (χ1) is 8.27. The van der Waals surface area contributed by atoms with Crippen LogP contribution in [0.2, 0.25) is 0 Å². The molecule has 2 rings (SSSR count). The lowest BCUT2D eigenvalue weighted by Gasteiger charge is -2.33. The molecule has 1 atom stereocenters. The Balaban J connectivity index is 1.90. The maximum absolute atomic E-state index is 11.1. The first-order valence-corrected chi connectivity index (χ1v) is 5.84. The van der Waals surface area contributed by atoms with Gasteiger partial charge in [0.15, 0.2) is 0 Å². The van der Waals surface area contributed by atoms with Crippen LogP contribution in [0.25, 0.3) is 0 Å². The van der Waals surface area contributed by atoms with Crippen LogP contribution < -0.4 is 5.32 Å². The van der Waals surface area contributed by atoms with Gasteiger partial charge in [0.2, 0.25) is 0 Å². The molecule has 92 valence electrons. The molecule has 17 heavy (non-hydrogen) atoms. The Morgan fingerprint density at radius 3 is 3.24 bits per heavy atom. The largest absolute Gasteiger partial charge is 0.480 e. The van der Waals surface area contributed by atoms with Gasteiger partial charge in [0.1, 0.15) is 6.04 Å². The van der Waals surface area contributed by atoms with Crippen LogP contribution in [-0.4, -0.2) is 53.2 Å². The van der Waals surface area contributed by atoms with Crippen molar-refractivity contribution in [1.29, 1.82) is 0 Å². The Bertz CT molecular complexity index is 369. The molecule has 0 saturated carbocycles. The van der Waals surface area contributed by atoms with Gasteiger partial charge in [-0.05, 0) is 18.1 Å². The average molecular weight is 235 g/mol. The van der Waals surface area contributed by atoms with Crippen LogP contribution in [0.15, 0.2) is 24.5 Å². The Morgan fingerprint density at radius 2 is 2.53 bits per heavy atom. The second kappa shape index (κ2) is 5.75. The Kier molecular flexibility index (Phi) is 4.06. The molecule has 0 amide bonds. The van der Waals surface area contributed by atoms with Crippen LogP contribution in [0, 0.1) is 0 Å². The van der Waals surface area contributed by atoms with Gasteiger partial charge < -0.3 is 10.4 Å². The third-order valence-electron chi connectivity index (χ3n) is 3.05. The summed E-state index contributed by atoms with van der Waals surface area (Å²) in [5, 5.41) is 12.2. The van der Waals surface area contributed by atoms with Crippen LogP contribution in [0.4, 0.5) is 0 Å². The minimum absolute atomic E-state index is 0.402. The molecular formula is C12H17N3O2. The van der Waals surface area contributed by atoms with Crippen LogP contribution in [0.1, 0.15) is 5.56 Å². The van der Waals surface area contributed by atoms with E-state index >= 15 is 0 Å². The summed E-state index contributed by atoms with van der Waals surface area (Å²) in [7, 11) is 0. The molecule has 5 heteroatoms. The van der Waals surface area contributed by atoms with Gasteiger partial charge in [0, 0.05) is 38.6 Å². The summed E-state index contributed by atoms with van der Waals surface area (Å²) in [6.07, 6.45) is 4.42. The number of nitrogens with one attached hydrogen (secondary N) is 1. The summed E-state index contributed by atoms with van der Waals surface area (Å²) in [4.78, 5) is 17.2. The lowest BCUT2D eigenvalue weighted by molar-refractivity contribution is -0.143. The highest BCUT2D eigenvalue weighted by Gasteiger charge is 2.27. The summed E-state index contributed by atoms with van der Waals surface area (Å²) in [5.41, 5.74) is 1.15. The van der Waals surface area contributed by atoms with Crippen molar-refractivity contribution in [3.05, 3.63) is 30.1 Å². The molecule has 5 nitrogen and oxygen atoms in total. The number of pyridine rings is 1. The third kappa shape index (κ3) is 3.25. The van der Waals surface area contributed by atoms with E-state index in [2.05, 4.69) is 10.3 Å². The lowest BCUT2D eigenvalue weighted by atomic mass is 10.1. The highest BCUT2D eigenvalue weighted by atomic mass is 16.4. The number of hydrogen-bond donors (Lipinski definition) is 2. The fraction of sp³-hybridized carbons (Fsp3) is 0.500. The minimum Gasteiger partial charge on any atom is -0.480 e. The highest BCUT2D eigenvalue weighted by Crippen LogP contribution is 2.06. The van der Waals surface area contributed by atoms with E-state index in [-0.39, 0.29) is 0 Å². The number of carboxylic acids is 1. The molecule has 0 radical (unpaired) electrons. The van der Waals surface area contributed by atoms with Crippen molar-refractivity contribution in [2.75, 3.05) is 26.2 Å². The Morgan fingerprint density at radius 1 is 1.65 bits per heavy atom. The number of nitrogens with zero attached hydrogens (tertiary/aromatic N) is 2. The quantitative estimate of drug-likeness (QED) is 0.768. The minimum atomic E-state index is -0.747. The van der Waals surface area contributed by atoms with E-state index in [0.717, 1.165) is 31.6 Å². The lowest BCUT2D eigenvalue weighted by Crippen LogP contribution is -2.55. The summed E-state index contributed by atoms with van der Waals surface area (Å²) in [6.45, 7) is 2.95. The van der Waals surface area contributed by atoms with Crippen LogP contribution in [0.5, 0.6) is 0 Å². The van der Waals surface area contributed by atoms with Crippen molar-refractivity contribution in [2.45, 2.75) is 12.5 Å². The van der Waals surface area contributed by atoms with Gasteiger partial charge >= 0.3 is 5.97 Å². The summed E-state index contributed by atoms with van der Waals surface area (Å²) >= 11 is 0. The molecule has 1 fully saturated rings. The van der Waals surface area contributed by atoms with E-state index in [4.69, 9.17) is 5.11 Å². The first-order valence-electron chi connectivity index (χ1n) is 5.84. The van der Waals surface area contributed by atoms with E-state index in [9.17, 15) is 4.79 Å². The number of piperazine rings is 1. The average Bonchev–Trinajstić information content (AvgIpc) is 2.38. The molecule has 1 aromatic heterocycles. The zero-order chi connectivity index (χ0) is 12.1. The number of carboxylic acid groups (broad SMARTS) is 1. The molecule has 2 heterocycles. The highest BCUT2D eigenvalue weighted by molar-refractivity contribution is 5.73. The molecule has 1 aliphatic rings. The summed E-state index contributed by atoms with van der Waals surface area (Å²) in [6, 6.07) is 3.52. The van der Waals surface area contributed by atoms with Crippen molar-refractivity contribution in [2.24, 2.45) is 0 Å². The molecule has 1 aliphatic heterocycles. The predicted octanol–water partition coefficient (Wildman–Crippen LogP) is -0.0175. The van der Waals surface area contributed by atoms with Gasteiger partial charge in [0.25, 0.3) is 0 Å². The predicted molar refractivity (Wildman–Crippen MR) is 63.8 cm³/mol. The molecule has 0 aromatic carbocycles.